The predicted octanol–water partition coefficient (Wildman–Crippen LogP) is 1.59. The minimum Gasteiger partial charge on any atom is -0.382 e. The number of nitrogens with two attached hydrogens (primary N) is 1. The fraction of sp³-hybridized carbons (Fsp3) is 0.389. The Kier molecular flexibility index (Phi) is 8.08. The number of carbonyl (C=O) groups excluding carboxylic acids is 2. The minimum absolute atomic E-state index is 0.0356. The molecule has 2 rings (SSSR count). The molecule has 1 aromatic rings. The summed E-state index contributed by atoms with van der Waals surface area (Å²) in [5.74, 6) is -2.10. The molecule has 1 aliphatic heterocycles. The van der Waals surface area contributed by atoms with Gasteiger partial charge in [0.05, 0.1) is 17.0 Å². The quantitative estimate of drug-likeness (QED) is 0.148. The maximum Gasteiger partial charge on any atom is 0.416 e. The summed E-state index contributed by atoms with van der Waals surface area (Å²) in [6.45, 7) is 1.30. The molecule has 0 spiro atoms. The molecule has 2 amide bonds. The molecule has 14 heteroatoms. The molecule has 6 N–H and O–H groups in total. The first-order valence-corrected chi connectivity index (χ1v) is 9.23. The van der Waals surface area contributed by atoms with Crippen LogP contribution in [0.1, 0.15) is 29.5 Å². The van der Waals surface area contributed by atoms with Crippen LogP contribution in [0.25, 0.3) is 0 Å². The molecule has 8 nitrogen and oxygen atoms in total. The van der Waals surface area contributed by atoms with Crippen LogP contribution in [0.15, 0.2) is 35.6 Å². The van der Waals surface area contributed by atoms with E-state index in [0.717, 1.165) is 25.2 Å². The van der Waals surface area contributed by atoms with E-state index in [4.69, 9.17) is 5.73 Å². The van der Waals surface area contributed by atoms with Gasteiger partial charge >= 0.3 is 12.4 Å². The van der Waals surface area contributed by atoms with Crippen LogP contribution in [0.2, 0.25) is 0 Å². The van der Waals surface area contributed by atoms with Gasteiger partial charge in [0.15, 0.2) is 5.84 Å². The largest absolute Gasteiger partial charge is 0.416 e. The monoisotopic (exact) mass is 466 g/mol. The van der Waals surface area contributed by atoms with Crippen LogP contribution in [0.3, 0.4) is 0 Å². The topological polar surface area (TPSA) is 121 Å². The zero-order valence-corrected chi connectivity index (χ0v) is 16.4. The van der Waals surface area contributed by atoms with E-state index in [1.807, 2.05) is 0 Å². The molecule has 1 atom stereocenters. The first kappa shape index (κ1) is 25.0. The van der Waals surface area contributed by atoms with E-state index >= 15 is 0 Å². The number of carbonyl (C=O) groups is 2. The van der Waals surface area contributed by atoms with Crippen LogP contribution < -0.4 is 27.3 Å². The lowest BCUT2D eigenvalue weighted by atomic mass is 9.99. The average molecular weight is 466 g/mol. The standard InChI is InChI=1S/C18H20F6N6O2/c19-17(20,21)12-6-11(7-13(8-12)18(22,23)24)15(25)29-27-5-3-14(31)28-30-16(32)10-2-1-4-26-9-10/h3,5-8,10,26-27H,1-2,4,9H2,(H2,25,29)(H,28,31)(H,30,32)/b5-3-. The average Bonchev–Trinajstić information content (AvgIpc) is 2.74. The second-order valence-corrected chi connectivity index (χ2v) is 6.78. The highest BCUT2D eigenvalue weighted by molar-refractivity contribution is 5.97. The predicted molar refractivity (Wildman–Crippen MR) is 101 cm³/mol. The summed E-state index contributed by atoms with van der Waals surface area (Å²) >= 11 is 0. The summed E-state index contributed by atoms with van der Waals surface area (Å²) in [5, 5.41) is 6.47. The molecular formula is C18H20F6N6O2. The Labute approximate surface area is 178 Å². The molecule has 1 aromatic carbocycles. The van der Waals surface area contributed by atoms with Crippen molar-refractivity contribution in [3.63, 3.8) is 0 Å². The molecule has 1 fully saturated rings. The summed E-state index contributed by atoms with van der Waals surface area (Å²) in [7, 11) is 0. The Morgan fingerprint density at radius 3 is 2.22 bits per heavy atom. The van der Waals surface area contributed by atoms with Gasteiger partial charge in [0.2, 0.25) is 5.91 Å². The second kappa shape index (κ2) is 10.3. The van der Waals surface area contributed by atoms with E-state index in [0.29, 0.717) is 25.1 Å². The lowest BCUT2D eigenvalue weighted by molar-refractivity contribution is -0.143. The molecule has 0 aromatic heterocycles. The highest BCUT2D eigenvalue weighted by atomic mass is 19.4. The number of hydrogen-bond acceptors (Lipinski definition) is 5. The van der Waals surface area contributed by atoms with Gasteiger partial charge in [-0.25, -0.2) is 0 Å². The summed E-state index contributed by atoms with van der Waals surface area (Å²) in [5.41, 5.74) is 8.25. The van der Waals surface area contributed by atoms with Crippen LogP contribution >= 0.6 is 0 Å². The van der Waals surface area contributed by atoms with Crippen LogP contribution in [0.5, 0.6) is 0 Å². The number of hydrogen-bond donors (Lipinski definition) is 5. The maximum atomic E-state index is 12.9. The van der Waals surface area contributed by atoms with E-state index in [1.165, 1.54) is 0 Å². The first-order valence-electron chi connectivity index (χ1n) is 9.23. The zero-order valence-electron chi connectivity index (χ0n) is 16.4. The third-order valence-electron chi connectivity index (χ3n) is 4.35. The van der Waals surface area contributed by atoms with Gasteiger partial charge in [0, 0.05) is 24.4 Å². The van der Waals surface area contributed by atoms with E-state index in [9.17, 15) is 35.9 Å². The fourth-order valence-electron chi connectivity index (χ4n) is 2.73. The van der Waals surface area contributed by atoms with Crippen LogP contribution in [0, 0.1) is 5.92 Å². The van der Waals surface area contributed by atoms with Crippen molar-refractivity contribution in [3.8, 4) is 0 Å². The number of amides is 2. The number of hydrazine groups is 1. The van der Waals surface area contributed by atoms with Crippen molar-refractivity contribution >= 4 is 17.6 Å². The number of hydrazone groups is 1. The molecule has 0 bridgehead atoms. The molecule has 0 radical (unpaired) electrons. The first-order chi connectivity index (χ1) is 14.9. The minimum atomic E-state index is -5.03. The van der Waals surface area contributed by atoms with Gasteiger partial charge in [0.1, 0.15) is 0 Å². The van der Waals surface area contributed by atoms with Crippen molar-refractivity contribution in [2.24, 2.45) is 16.8 Å². The number of nitrogens with one attached hydrogen (secondary N) is 4. The molecule has 1 unspecified atom stereocenters. The molecule has 1 saturated heterocycles. The highest BCUT2D eigenvalue weighted by Gasteiger charge is 2.37. The van der Waals surface area contributed by atoms with Crippen molar-refractivity contribution in [2.45, 2.75) is 25.2 Å². The lowest BCUT2D eigenvalue weighted by Gasteiger charge is -2.21. The maximum absolute atomic E-state index is 12.9. The Morgan fingerprint density at radius 2 is 1.69 bits per heavy atom. The highest BCUT2D eigenvalue weighted by Crippen LogP contribution is 2.36. The normalized spacial score (nSPS) is 17.8. The third-order valence-corrected chi connectivity index (χ3v) is 4.35. The SMILES string of the molecule is N/C(=N\N/C=C\C(=O)NNC(=O)C1CCCNC1)c1cc(C(F)(F)F)cc(C(F)(F)F)c1. The van der Waals surface area contributed by atoms with Gasteiger partial charge in [0.25, 0.3) is 5.91 Å². The molecule has 1 aliphatic rings. The van der Waals surface area contributed by atoms with Gasteiger partial charge in [-0.05, 0) is 37.6 Å². The van der Waals surface area contributed by atoms with E-state index in [1.54, 1.807) is 0 Å². The summed E-state index contributed by atoms with van der Waals surface area (Å²) in [6, 6.07) is 0.801. The van der Waals surface area contributed by atoms with Gasteiger partial charge in [-0.15, -0.1) is 0 Å². The number of halogens is 6. The van der Waals surface area contributed by atoms with Gasteiger partial charge in [-0.1, -0.05) is 0 Å². The Morgan fingerprint density at radius 1 is 1.06 bits per heavy atom. The number of nitrogens with zero attached hydrogens (tertiary/aromatic N) is 1. The van der Waals surface area contributed by atoms with E-state index in [2.05, 4.69) is 26.7 Å². The van der Waals surface area contributed by atoms with Crippen molar-refractivity contribution < 1.29 is 35.9 Å². The van der Waals surface area contributed by atoms with Gasteiger partial charge in [-0.3, -0.25) is 25.9 Å². The Bertz CT molecular complexity index is 859. The van der Waals surface area contributed by atoms with Crippen molar-refractivity contribution in [3.05, 3.63) is 47.2 Å². The summed E-state index contributed by atoms with van der Waals surface area (Å²) in [6.07, 6.45) is -6.75. The van der Waals surface area contributed by atoms with E-state index < -0.39 is 40.8 Å². The van der Waals surface area contributed by atoms with E-state index in [-0.39, 0.29) is 17.9 Å². The van der Waals surface area contributed by atoms with Gasteiger partial charge < -0.3 is 11.1 Å². The van der Waals surface area contributed by atoms with Gasteiger partial charge in [-0.2, -0.15) is 31.4 Å². The Balaban J connectivity index is 1.97. The van der Waals surface area contributed by atoms with Crippen molar-refractivity contribution in [1.29, 1.82) is 0 Å². The Hall–Kier alpha value is -3.29. The number of benzene rings is 1. The number of rotatable bonds is 5. The number of piperidine rings is 1. The van der Waals surface area contributed by atoms with Crippen LogP contribution in [0.4, 0.5) is 26.3 Å². The zero-order chi connectivity index (χ0) is 23.9. The molecule has 1 heterocycles. The second-order valence-electron chi connectivity index (χ2n) is 6.78. The third kappa shape index (κ3) is 7.44. The number of amidine groups is 1. The molecular weight excluding hydrogens is 446 g/mol. The molecule has 176 valence electrons. The van der Waals surface area contributed by atoms with Crippen molar-refractivity contribution in [2.75, 3.05) is 13.1 Å². The number of alkyl halides is 6. The van der Waals surface area contributed by atoms with Crippen LogP contribution in [-0.2, 0) is 21.9 Å². The molecule has 32 heavy (non-hydrogen) atoms. The fourth-order valence-corrected chi connectivity index (χ4v) is 2.73. The molecule has 0 saturated carbocycles. The van der Waals surface area contributed by atoms with Crippen molar-refractivity contribution in [1.82, 2.24) is 21.6 Å². The van der Waals surface area contributed by atoms with Crippen LogP contribution in [-0.4, -0.2) is 30.7 Å². The summed E-state index contributed by atoms with van der Waals surface area (Å²) < 4.78 is 77.3. The molecule has 0 aliphatic carbocycles. The smallest absolute Gasteiger partial charge is 0.382 e. The summed E-state index contributed by atoms with van der Waals surface area (Å²) in [4.78, 5) is 23.5. The lowest BCUT2D eigenvalue weighted by Crippen LogP contribution is -2.47.